The summed E-state index contributed by atoms with van der Waals surface area (Å²) in [5.41, 5.74) is 2.59. The highest BCUT2D eigenvalue weighted by Crippen LogP contribution is 2.37. The highest BCUT2D eigenvalue weighted by atomic mass is 16.6. The van der Waals surface area contributed by atoms with E-state index < -0.39 is 18.3 Å². The minimum absolute atomic E-state index is 0.119. The number of alkyl carbamates (subject to hydrolysis) is 1. The second-order valence-corrected chi connectivity index (χ2v) is 6.93. The average molecular weight is 359 g/mol. The first kappa shape index (κ1) is 16.7. The Balaban J connectivity index is 1.45. The van der Waals surface area contributed by atoms with Crippen molar-refractivity contribution in [3.8, 4) is 0 Å². The first-order valence-electron chi connectivity index (χ1n) is 8.78. The fourth-order valence-corrected chi connectivity index (χ4v) is 3.40. The van der Waals surface area contributed by atoms with Gasteiger partial charge in [-0.05, 0) is 42.5 Å². The molecule has 3 amide bonds. The maximum atomic E-state index is 12.3. The van der Waals surface area contributed by atoms with Crippen molar-refractivity contribution in [3.05, 3.63) is 23.8 Å². The van der Waals surface area contributed by atoms with Crippen molar-refractivity contribution in [3.63, 3.8) is 0 Å². The molecule has 0 radical (unpaired) electrons. The van der Waals surface area contributed by atoms with Crippen molar-refractivity contribution < 1.29 is 23.9 Å². The molecule has 1 N–H and O–H groups in total. The zero-order valence-corrected chi connectivity index (χ0v) is 14.6. The molecule has 0 unspecified atom stereocenters. The summed E-state index contributed by atoms with van der Waals surface area (Å²) >= 11 is 0. The largest absolute Gasteiger partial charge is 0.453 e. The van der Waals surface area contributed by atoms with Crippen LogP contribution in [0, 0.1) is 5.92 Å². The Morgan fingerprint density at radius 1 is 1.35 bits per heavy atom. The number of ether oxygens (including phenoxy) is 2. The van der Waals surface area contributed by atoms with Gasteiger partial charge in [0.05, 0.1) is 26.6 Å². The normalized spacial score (nSPS) is 21.7. The molecule has 26 heavy (non-hydrogen) atoms. The number of rotatable bonds is 5. The van der Waals surface area contributed by atoms with Crippen LogP contribution in [-0.4, -0.2) is 50.9 Å². The maximum Gasteiger partial charge on any atom is 0.414 e. The van der Waals surface area contributed by atoms with Gasteiger partial charge >= 0.3 is 12.2 Å². The van der Waals surface area contributed by atoms with Crippen LogP contribution in [0.4, 0.5) is 21.0 Å². The number of fused-ring (bicyclic) bond motifs is 1. The summed E-state index contributed by atoms with van der Waals surface area (Å²) in [6.45, 7) is 1.31. The SMILES string of the molecule is COC(=O)NC[C@H]1CN(c2ccc3c(c2)CC(=O)N3CC2CC2)C(=O)O1. The van der Waals surface area contributed by atoms with Crippen molar-refractivity contribution in [2.24, 2.45) is 5.92 Å². The summed E-state index contributed by atoms with van der Waals surface area (Å²) in [5, 5.41) is 2.53. The Morgan fingerprint density at radius 3 is 2.88 bits per heavy atom. The summed E-state index contributed by atoms with van der Waals surface area (Å²) in [6.07, 6.45) is 1.29. The first-order valence-corrected chi connectivity index (χ1v) is 8.78. The monoisotopic (exact) mass is 359 g/mol. The Labute approximate surface area is 151 Å². The van der Waals surface area contributed by atoms with Crippen molar-refractivity contribution in [2.75, 3.05) is 36.5 Å². The number of hydrogen-bond acceptors (Lipinski definition) is 5. The molecule has 1 saturated carbocycles. The van der Waals surface area contributed by atoms with E-state index in [2.05, 4.69) is 10.1 Å². The molecule has 0 spiro atoms. The number of benzene rings is 1. The zero-order chi connectivity index (χ0) is 18.3. The molecule has 1 aliphatic carbocycles. The lowest BCUT2D eigenvalue weighted by molar-refractivity contribution is -0.117. The molecular weight excluding hydrogens is 338 g/mol. The van der Waals surface area contributed by atoms with Crippen LogP contribution < -0.4 is 15.1 Å². The lowest BCUT2D eigenvalue weighted by Crippen LogP contribution is -2.34. The van der Waals surface area contributed by atoms with Crippen LogP contribution in [0.15, 0.2) is 18.2 Å². The van der Waals surface area contributed by atoms with Gasteiger partial charge in [-0.25, -0.2) is 9.59 Å². The molecule has 1 aromatic carbocycles. The molecule has 8 nitrogen and oxygen atoms in total. The third-order valence-electron chi connectivity index (χ3n) is 4.98. The molecule has 1 aromatic rings. The van der Waals surface area contributed by atoms with Crippen LogP contribution in [0.2, 0.25) is 0 Å². The molecule has 1 atom stereocenters. The Kier molecular flexibility index (Phi) is 4.18. The van der Waals surface area contributed by atoms with Gasteiger partial charge in [0, 0.05) is 17.9 Å². The van der Waals surface area contributed by atoms with E-state index in [1.165, 1.54) is 24.9 Å². The summed E-state index contributed by atoms with van der Waals surface area (Å²) in [7, 11) is 1.28. The van der Waals surface area contributed by atoms with Crippen LogP contribution >= 0.6 is 0 Å². The fourth-order valence-electron chi connectivity index (χ4n) is 3.40. The predicted octanol–water partition coefficient (Wildman–Crippen LogP) is 1.67. The smallest absolute Gasteiger partial charge is 0.414 e. The number of nitrogens with one attached hydrogen (secondary N) is 1. The summed E-state index contributed by atoms with van der Waals surface area (Å²) in [4.78, 5) is 39.0. The highest BCUT2D eigenvalue weighted by Gasteiger charge is 2.36. The number of methoxy groups -OCH3 is 1. The molecule has 138 valence electrons. The van der Waals surface area contributed by atoms with E-state index in [4.69, 9.17) is 4.74 Å². The second-order valence-electron chi connectivity index (χ2n) is 6.93. The standard InChI is InChI=1S/C18H21N3O5/c1-25-17(23)19-8-14-10-20(18(24)26-14)13-4-5-15-12(6-13)7-16(22)21(15)9-11-2-3-11/h4-6,11,14H,2-3,7-10H2,1H3,(H,19,23)/t14-/m0/s1. The van der Waals surface area contributed by atoms with Gasteiger partial charge in [0.1, 0.15) is 6.10 Å². The molecule has 2 aliphatic heterocycles. The summed E-state index contributed by atoms with van der Waals surface area (Å²) in [6, 6.07) is 5.64. The van der Waals surface area contributed by atoms with Crippen LogP contribution in [-0.2, 0) is 20.7 Å². The van der Waals surface area contributed by atoms with E-state index in [1.54, 1.807) is 0 Å². The molecule has 0 bridgehead atoms. The van der Waals surface area contributed by atoms with Crippen LogP contribution in [0.25, 0.3) is 0 Å². The molecule has 2 fully saturated rings. The Hall–Kier alpha value is -2.77. The number of carbonyl (C=O) groups is 3. The number of hydrogen-bond donors (Lipinski definition) is 1. The van der Waals surface area contributed by atoms with Gasteiger partial charge in [-0.2, -0.15) is 0 Å². The van der Waals surface area contributed by atoms with Gasteiger partial charge in [-0.15, -0.1) is 0 Å². The zero-order valence-electron chi connectivity index (χ0n) is 14.6. The minimum atomic E-state index is -0.564. The van der Waals surface area contributed by atoms with E-state index >= 15 is 0 Å². The van der Waals surface area contributed by atoms with Crippen LogP contribution in [0.1, 0.15) is 18.4 Å². The average Bonchev–Trinajstić information content (AvgIpc) is 3.30. The number of cyclic esters (lactones) is 1. The Morgan fingerprint density at radius 2 is 2.15 bits per heavy atom. The van der Waals surface area contributed by atoms with Crippen molar-refractivity contribution in [1.82, 2.24) is 5.32 Å². The number of nitrogens with zero attached hydrogens (tertiary/aromatic N) is 2. The third kappa shape index (κ3) is 3.18. The summed E-state index contributed by atoms with van der Waals surface area (Å²) < 4.78 is 9.80. The van der Waals surface area contributed by atoms with Crippen molar-refractivity contribution in [2.45, 2.75) is 25.4 Å². The van der Waals surface area contributed by atoms with Gasteiger partial charge in [-0.1, -0.05) is 0 Å². The molecular formula is C18H21N3O5. The topological polar surface area (TPSA) is 88.2 Å². The van der Waals surface area contributed by atoms with Crippen molar-refractivity contribution in [1.29, 1.82) is 0 Å². The number of anilines is 2. The van der Waals surface area contributed by atoms with Gasteiger partial charge in [0.25, 0.3) is 0 Å². The quantitative estimate of drug-likeness (QED) is 0.864. The first-order chi connectivity index (χ1) is 12.5. The molecule has 8 heteroatoms. The molecule has 4 rings (SSSR count). The third-order valence-corrected chi connectivity index (χ3v) is 4.98. The van der Waals surface area contributed by atoms with E-state index in [1.807, 2.05) is 23.1 Å². The fraction of sp³-hybridized carbons (Fsp3) is 0.500. The van der Waals surface area contributed by atoms with Gasteiger partial charge in [0.2, 0.25) is 5.91 Å². The lowest BCUT2D eigenvalue weighted by atomic mass is 10.1. The molecule has 2 heterocycles. The van der Waals surface area contributed by atoms with E-state index in [-0.39, 0.29) is 12.5 Å². The number of amides is 3. The van der Waals surface area contributed by atoms with E-state index in [9.17, 15) is 14.4 Å². The van der Waals surface area contributed by atoms with Crippen LogP contribution in [0.3, 0.4) is 0 Å². The Bertz CT molecular complexity index is 761. The van der Waals surface area contributed by atoms with E-state index in [0.29, 0.717) is 24.6 Å². The van der Waals surface area contributed by atoms with Crippen LogP contribution in [0.5, 0.6) is 0 Å². The van der Waals surface area contributed by atoms with Gasteiger partial charge < -0.3 is 19.7 Å². The van der Waals surface area contributed by atoms with Gasteiger partial charge in [0.15, 0.2) is 0 Å². The molecule has 1 saturated heterocycles. The highest BCUT2D eigenvalue weighted by molar-refractivity contribution is 6.02. The van der Waals surface area contributed by atoms with Gasteiger partial charge in [-0.3, -0.25) is 9.69 Å². The van der Waals surface area contributed by atoms with Crippen molar-refractivity contribution >= 4 is 29.5 Å². The summed E-state index contributed by atoms with van der Waals surface area (Å²) in [5.74, 6) is 0.745. The van der Waals surface area contributed by atoms with E-state index in [0.717, 1.165) is 17.8 Å². The minimum Gasteiger partial charge on any atom is -0.453 e. The lowest BCUT2D eigenvalue weighted by Gasteiger charge is -2.18. The second kappa shape index (κ2) is 6.51. The molecule has 3 aliphatic rings. The molecule has 0 aromatic heterocycles. The predicted molar refractivity (Wildman–Crippen MR) is 93.2 cm³/mol. The number of carbonyl (C=O) groups excluding carboxylic acids is 3. The maximum absolute atomic E-state index is 12.3.